The summed E-state index contributed by atoms with van der Waals surface area (Å²) in [5, 5.41) is 4.78. The fourth-order valence-electron chi connectivity index (χ4n) is 1.48. The Morgan fingerprint density at radius 2 is 2.08 bits per heavy atom. The molecule has 1 aromatic heterocycles. The van der Waals surface area contributed by atoms with Gasteiger partial charge >= 0.3 is 0 Å². The highest BCUT2D eigenvalue weighted by molar-refractivity contribution is 7.17. The molecule has 0 aliphatic heterocycles. The van der Waals surface area contributed by atoms with E-state index < -0.39 is 0 Å². The summed E-state index contributed by atoms with van der Waals surface area (Å²) in [4.78, 5) is 0. The van der Waals surface area contributed by atoms with Crippen molar-refractivity contribution in [1.82, 2.24) is 0 Å². The van der Waals surface area contributed by atoms with Gasteiger partial charge in [0.05, 0.1) is 9.72 Å². The SMILES string of the molecule is CCc1c(Cl)cc(Cl)c2sccc12. The summed E-state index contributed by atoms with van der Waals surface area (Å²) in [6, 6.07) is 3.91. The number of rotatable bonds is 1. The molecule has 0 radical (unpaired) electrons. The summed E-state index contributed by atoms with van der Waals surface area (Å²) < 4.78 is 1.14. The summed E-state index contributed by atoms with van der Waals surface area (Å²) in [6.45, 7) is 2.10. The molecule has 0 fully saturated rings. The van der Waals surface area contributed by atoms with Crippen molar-refractivity contribution in [2.45, 2.75) is 13.3 Å². The van der Waals surface area contributed by atoms with Crippen molar-refractivity contribution in [3.05, 3.63) is 33.1 Å². The van der Waals surface area contributed by atoms with Gasteiger partial charge in [0.2, 0.25) is 0 Å². The zero-order chi connectivity index (χ0) is 9.42. The van der Waals surface area contributed by atoms with Gasteiger partial charge in [-0.1, -0.05) is 30.1 Å². The Morgan fingerprint density at radius 3 is 2.77 bits per heavy atom. The highest BCUT2D eigenvalue weighted by Crippen LogP contribution is 2.35. The van der Waals surface area contributed by atoms with E-state index in [0.29, 0.717) is 0 Å². The quantitative estimate of drug-likeness (QED) is 0.663. The lowest BCUT2D eigenvalue weighted by Crippen LogP contribution is -1.83. The topological polar surface area (TPSA) is 0 Å². The largest absolute Gasteiger partial charge is 0.142 e. The Bertz CT molecular complexity index is 445. The van der Waals surface area contributed by atoms with Crippen molar-refractivity contribution < 1.29 is 0 Å². The lowest BCUT2D eigenvalue weighted by atomic mass is 10.1. The van der Waals surface area contributed by atoms with Gasteiger partial charge in [-0.3, -0.25) is 0 Å². The molecule has 0 N–H and O–H groups in total. The zero-order valence-corrected chi connectivity index (χ0v) is 9.43. The van der Waals surface area contributed by atoms with Gasteiger partial charge in [-0.15, -0.1) is 11.3 Å². The molecule has 0 atom stereocenters. The minimum Gasteiger partial charge on any atom is -0.142 e. The average molecular weight is 231 g/mol. The Hall–Kier alpha value is -0.240. The highest BCUT2D eigenvalue weighted by Gasteiger charge is 2.08. The van der Waals surface area contributed by atoms with Crippen LogP contribution in [0, 0.1) is 0 Å². The summed E-state index contributed by atoms with van der Waals surface area (Å²) >= 11 is 13.8. The molecule has 1 aromatic carbocycles. The average Bonchev–Trinajstić information content (AvgIpc) is 2.53. The molecule has 0 bridgehead atoms. The molecule has 3 heteroatoms. The minimum absolute atomic E-state index is 0.757. The van der Waals surface area contributed by atoms with Gasteiger partial charge in [0.15, 0.2) is 0 Å². The molecule has 68 valence electrons. The van der Waals surface area contributed by atoms with Gasteiger partial charge in [0, 0.05) is 5.02 Å². The second-order valence-electron chi connectivity index (χ2n) is 2.84. The zero-order valence-electron chi connectivity index (χ0n) is 7.10. The van der Waals surface area contributed by atoms with Crippen LogP contribution in [-0.2, 0) is 6.42 Å². The number of benzene rings is 1. The third-order valence-corrected chi connectivity index (χ3v) is 3.80. The third-order valence-electron chi connectivity index (χ3n) is 2.10. The van der Waals surface area contributed by atoms with E-state index in [9.17, 15) is 0 Å². The highest BCUT2D eigenvalue weighted by atomic mass is 35.5. The van der Waals surface area contributed by atoms with Crippen LogP contribution in [0.15, 0.2) is 17.5 Å². The predicted molar refractivity (Wildman–Crippen MR) is 61.2 cm³/mol. The van der Waals surface area contributed by atoms with Gasteiger partial charge in [-0.25, -0.2) is 0 Å². The third kappa shape index (κ3) is 1.45. The van der Waals surface area contributed by atoms with Crippen LogP contribution in [0.4, 0.5) is 0 Å². The first-order valence-electron chi connectivity index (χ1n) is 4.08. The van der Waals surface area contributed by atoms with E-state index in [0.717, 1.165) is 21.2 Å². The Labute approximate surface area is 91.1 Å². The van der Waals surface area contributed by atoms with Crippen LogP contribution in [0.25, 0.3) is 10.1 Å². The van der Waals surface area contributed by atoms with E-state index >= 15 is 0 Å². The first-order valence-corrected chi connectivity index (χ1v) is 5.71. The van der Waals surface area contributed by atoms with Crippen LogP contribution in [0.1, 0.15) is 12.5 Å². The normalized spacial score (nSPS) is 11.0. The summed E-state index contributed by atoms with van der Waals surface area (Å²) in [7, 11) is 0. The van der Waals surface area contributed by atoms with E-state index in [2.05, 4.69) is 13.0 Å². The van der Waals surface area contributed by atoms with Crippen LogP contribution < -0.4 is 0 Å². The van der Waals surface area contributed by atoms with Crippen LogP contribution in [0.3, 0.4) is 0 Å². The molecule has 13 heavy (non-hydrogen) atoms. The van der Waals surface area contributed by atoms with E-state index in [4.69, 9.17) is 23.2 Å². The van der Waals surface area contributed by atoms with E-state index in [1.807, 2.05) is 11.4 Å². The van der Waals surface area contributed by atoms with Crippen molar-refractivity contribution in [3.8, 4) is 0 Å². The van der Waals surface area contributed by atoms with Gasteiger partial charge in [-0.2, -0.15) is 0 Å². The number of fused-ring (bicyclic) bond motifs is 1. The Morgan fingerprint density at radius 1 is 1.31 bits per heavy atom. The second kappa shape index (κ2) is 3.49. The molecule has 2 aromatic rings. The van der Waals surface area contributed by atoms with Crippen LogP contribution in [0.5, 0.6) is 0 Å². The number of aryl methyl sites for hydroxylation is 1. The molecule has 2 rings (SSSR count). The summed E-state index contributed by atoms with van der Waals surface area (Å²) in [6.07, 6.45) is 0.948. The molecule has 0 amide bonds. The van der Waals surface area contributed by atoms with Crippen LogP contribution in [-0.4, -0.2) is 0 Å². The number of thiophene rings is 1. The van der Waals surface area contributed by atoms with Crippen molar-refractivity contribution in [3.63, 3.8) is 0 Å². The van der Waals surface area contributed by atoms with E-state index in [1.165, 1.54) is 10.9 Å². The standard InChI is InChI=1S/C10H8Cl2S/c1-2-6-7-3-4-13-10(7)9(12)5-8(6)11/h3-5H,2H2,1H3. The summed E-state index contributed by atoms with van der Waals surface area (Å²) in [5.41, 5.74) is 1.20. The van der Waals surface area contributed by atoms with E-state index in [1.54, 1.807) is 11.3 Å². The predicted octanol–water partition coefficient (Wildman–Crippen LogP) is 4.77. The Kier molecular flexibility index (Phi) is 2.50. The summed E-state index contributed by atoms with van der Waals surface area (Å²) in [5.74, 6) is 0. The van der Waals surface area contributed by atoms with Crippen LogP contribution >= 0.6 is 34.5 Å². The van der Waals surface area contributed by atoms with Crippen molar-refractivity contribution in [2.24, 2.45) is 0 Å². The molecule has 0 spiro atoms. The van der Waals surface area contributed by atoms with Gasteiger partial charge in [-0.05, 0) is 34.9 Å². The maximum atomic E-state index is 6.09. The second-order valence-corrected chi connectivity index (χ2v) is 4.57. The lowest BCUT2D eigenvalue weighted by molar-refractivity contribution is 1.16. The molecule has 0 saturated heterocycles. The van der Waals surface area contributed by atoms with Crippen LogP contribution in [0.2, 0.25) is 10.0 Å². The molecule has 0 nitrogen and oxygen atoms in total. The fourth-order valence-corrected chi connectivity index (χ4v) is 3.06. The fraction of sp³-hybridized carbons (Fsp3) is 0.200. The molecule has 0 unspecified atom stereocenters. The maximum Gasteiger partial charge on any atom is 0.0599 e. The Balaban J connectivity index is 2.88. The minimum atomic E-state index is 0.757. The van der Waals surface area contributed by atoms with Gasteiger partial charge in [0.1, 0.15) is 0 Å². The number of hydrogen-bond donors (Lipinski definition) is 0. The number of halogens is 2. The number of hydrogen-bond acceptors (Lipinski definition) is 1. The smallest absolute Gasteiger partial charge is 0.0599 e. The first kappa shape index (κ1) is 9.32. The van der Waals surface area contributed by atoms with Crippen molar-refractivity contribution in [1.29, 1.82) is 0 Å². The maximum absolute atomic E-state index is 6.09. The first-order chi connectivity index (χ1) is 6.24. The molecule has 0 aliphatic rings. The van der Waals surface area contributed by atoms with Crippen molar-refractivity contribution in [2.75, 3.05) is 0 Å². The molecule has 0 aliphatic carbocycles. The molecule has 0 saturated carbocycles. The van der Waals surface area contributed by atoms with Gasteiger partial charge in [0.25, 0.3) is 0 Å². The molecular formula is C10H8Cl2S. The van der Waals surface area contributed by atoms with E-state index in [-0.39, 0.29) is 0 Å². The molecular weight excluding hydrogens is 223 g/mol. The molecule has 1 heterocycles. The lowest BCUT2D eigenvalue weighted by Gasteiger charge is -2.04. The van der Waals surface area contributed by atoms with Crippen molar-refractivity contribution >= 4 is 44.6 Å². The monoisotopic (exact) mass is 230 g/mol. The van der Waals surface area contributed by atoms with Gasteiger partial charge < -0.3 is 0 Å².